The molecule has 0 N–H and O–H groups in total. The Morgan fingerprint density at radius 1 is 1.29 bits per heavy atom. The number of halogens is 1. The maximum absolute atomic E-state index is 12.7. The van der Waals surface area contributed by atoms with Crippen molar-refractivity contribution in [3.63, 3.8) is 0 Å². The van der Waals surface area contributed by atoms with E-state index in [1.807, 2.05) is 0 Å². The molecule has 0 aliphatic carbocycles. The summed E-state index contributed by atoms with van der Waals surface area (Å²) in [6.07, 6.45) is 4.78. The number of aryl methyl sites for hydroxylation is 1. The van der Waals surface area contributed by atoms with E-state index in [0.717, 1.165) is 5.69 Å². The first-order valence-electron chi connectivity index (χ1n) is 5.13. The number of hydrogen-bond donors (Lipinski definition) is 0. The van der Waals surface area contributed by atoms with Crippen molar-refractivity contribution in [2.75, 3.05) is 0 Å². The number of rotatable bonds is 3. The van der Waals surface area contributed by atoms with Crippen LogP contribution in [0.5, 0.6) is 0 Å². The zero-order chi connectivity index (χ0) is 12.3. The van der Waals surface area contributed by atoms with Gasteiger partial charge in [0.25, 0.3) is 0 Å². The lowest BCUT2D eigenvalue weighted by Gasteiger charge is -1.96. The van der Waals surface area contributed by atoms with Crippen LogP contribution in [0.4, 0.5) is 4.39 Å². The summed E-state index contributed by atoms with van der Waals surface area (Å²) in [4.78, 5) is 11.7. The van der Waals surface area contributed by atoms with Crippen molar-refractivity contribution in [2.24, 2.45) is 7.05 Å². The second-order valence-corrected chi connectivity index (χ2v) is 3.58. The summed E-state index contributed by atoms with van der Waals surface area (Å²) in [7, 11) is 1.79. The molecule has 0 aliphatic rings. The van der Waals surface area contributed by atoms with Crippen LogP contribution in [-0.2, 0) is 7.05 Å². The van der Waals surface area contributed by atoms with Gasteiger partial charge >= 0.3 is 0 Å². The van der Waals surface area contributed by atoms with Crippen LogP contribution in [0.3, 0.4) is 0 Å². The van der Waals surface area contributed by atoms with Gasteiger partial charge in [0.2, 0.25) is 0 Å². The van der Waals surface area contributed by atoms with E-state index < -0.39 is 0 Å². The number of aromatic nitrogens is 2. The lowest BCUT2D eigenvalue weighted by Crippen LogP contribution is -1.96. The molecule has 0 atom stereocenters. The van der Waals surface area contributed by atoms with Crippen molar-refractivity contribution >= 4 is 11.9 Å². The number of benzene rings is 1. The lowest BCUT2D eigenvalue weighted by atomic mass is 10.1. The van der Waals surface area contributed by atoms with Gasteiger partial charge in [0.05, 0.1) is 5.69 Å². The summed E-state index contributed by atoms with van der Waals surface area (Å²) in [5.74, 6) is -0.511. The molecule has 86 valence electrons. The van der Waals surface area contributed by atoms with Gasteiger partial charge in [-0.2, -0.15) is 5.10 Å². The van der Waals surface area contributed by atoms with E-state index in [1.165, 1.54) is 30.3 Å². The standard InChI is InChI=1S/C13H11FN2O/c1-16-12(8-9-15-16)6-7-13(17)10-2-4-11(14)5-3-10/h2-9H,1H3/b7-6+. The highest BCUT2D eigenvalue weighted by Gasteiger charge is 2.02. The summed E-state index contributed by atoms with van der Waals surface area (Å²) < 4.78 is 14.3. The number of carbonyl (C=O) groups excluding carboxylic acids is 1. The zero-order valence-electron chi connectivity index (χ0n) is 9.30. The van der Waals surface area contributed by atoms with Gasteiger partial charge in [-0.05, 0) is 42.5 Å². The van der Waals surface area contributed by atoms with Gasteiger partial charge in [-0.1, -0.05) is 0 Å². The number of carbonyl (C=O) groups is 1. The van der Waals surface area contributed by atoms with Crippen LogP contribution in [0.15, 0.2) is 42.6 Å². The van der Waals surface area contributed by atoms with Gasteiger partial charge in [-0.3, -0.25) is 9.48 Å². The first-order valence-corrected chi connectivity index (χ1v) is 5.13. The maximum Gasteiger partial charge on any atom is 0.185 e. The highest BCUT2D eigenvalue weighted by molar-refractivity contribution is 6.06. The molecule has 0 spiro atoms. The second kappa shape index (κ2) is 4.74. The van der Waals surface area contributed by atoms with E-state index in [1.54, 1.807) is 30.1 Å². The van der Waals surface area contributed by atoms with E-state index in [0.29, 0.717) is 5.56 Å². The third-order valence-electron chi connectivity index (χ3n) is 2.39. The molecule has 1 aromatic carbocycles. The first-order chi connectivity index (χ1) is 8.16. The molecule has 2 rings (SSSR count). The molecule has 2 aromatic rings. The third-order valence-corrected chi connectivity index (χ3v) is 2.39. The minimum Gasteiger partial charge on any atom is -0.289 e. The number of ketones is 1. The zero-order valence-corrected chi connectivity index (χ0v) is 9.30. The average Bonchev–Trinajstić information content (AvgIpc) is 2.73. The Bertz CT molecular complexity index is 555. The molecular formula is C13H11FN2O. The van der Waals surface area contributed by atoms with Crippen molar-refractivity contribution in [1.29, 1.82) is 0 Å². The first kappa shape index (κ1) is 11.3. The lowest BCUT2D eigenvalue weighted by molar-refractivity contribution is 0.104. The largest absolute Gasteiger partial charge is 0.289 e. The minimum atomic E-state index is -0.350. The Morgan fingerprint density at radius 2 is 2.00 bits per heavy atom. The molecule has 0 amide bonds. The summed E-state index contributed by atoms with van der Waals surface area (Å²) in [6, 6.07) is 7.27. The molecule has 17 heavy (non-hydrogen) atoms. The molecule has 0 saturated carbocycles. The quantitative estimate of drug-likeness (QED) is 0.599. The van der Waals surface area contributed by atoms with Crippen LogP contribution < -0.4 is 0 Å². The molecule has 0 fully saturated rings. The molecule has 0 aliphatic heterocycles. The Balaban J connectivity index is 2.14. The van der Waals surface area contributed by atoms with Crippen LogP contribution in [0, 0.1) is 5.82 Å². The molecule has 1 aromatic heterocycles. The number of hydrogen-bond acceptors (Lipinski definition) is 2. The van der Waals surface area contributed by atoms with Gasteiger partial charge < -0.3 is 0 Å². The fourth-order valence-corrected chi connectivity index (χ4v) is 1.42. The van der Waals surface area contributed by atoms with E-state index in [4.69, 9.17) is 0 Å². The minimum absolute atomic E-state index is 0.161. The Hall–Kier alpha value is -2.23. The number of allylic oxidation sites excluding steroid dienone is 1. The number of nitrogens with zero attached hydrogens (tertiary/aromatic N) is 2. The molecule has 3 nitrogen and oxygen atoms in total. The molecule has 0 unspecified atom stereocenters. The van der Waals surface area contributed by atoms with Crippen molar-refractivity contribution in [3.05, 3.63) is 59.7 Å². The van der Waals surface area contributed by atoms with E-state index in [2.05, 4.69) is 5.10 Å². The summed E-state index contributed by atoms with van der Waals surface area (Å²) >= 11 is 0. The van der Waals surface area contributed by atoms with E-state index in [-0.39, 0.29) is 11.6 Å². The Morgan fingerprint density at radius 3 is 2.59 bits per heavy atom. The van der Waals surface area contributed by atoms with E-state index >= 15 is 0 Å². The third kappa shape index (κ3) is 2.66. The van der Waals surface area contributed by atoms with Crippen LogP contribution in [0.2, 0.25) is 0 Å². The molecule has 4 heteroatoms. The monoisotopic (exact) mass is 230 g/mol. The SMILES string of the molecule is Cn1nccc1/C=C/C(=O)c1ccc(F)cc1. The molecule has 0 radical (unpaired) electrons. The van der Waals surface area contributed by atoms with Crippen LogP contribution >= 0.6 is 0 Å². The predicted molar refractivity (Wildman–Crippen MR) is 63.0 cm³/mol. The van der Waals surface area contributed by atoms with Gasteiger partial charge in [-0.25, -0.2) is 4.39 Å². The van der Waals surface area contributed by atoms with Crippen LogP contribution in [-0.4, -0.2) is 15.6 Å². The average molecular weight is 230 g/mol. The highest BCUT2D eigenvalue weighted by Crippen LogP contribution is 2.06. The topological polar surface area (TPSA) is 34.9 Å². The van der Waals surface area contributed by atoms with Crippen LogP contribution in [0.1, 0.15) is 16.1 Å². The van der Waals surface area contributed by atoms with Gasteiger partial charge in [0.1, 0.15) is 5.82 Å². The molecular weight excluding hydrogens is 219 g/mol. The normalized spacial score (nSPS) is 10.9. The van der Waals surface area contributed by atoms with Crippen molar-refractivity contribution in [2.45, 2.75) is 0 Å². The second-order valence-electron chi connectivity index (χ2n) is 3.58. The highest BCUT2D eigenvalue weighted by atomic mass is 19.1. The fourth-order valence-electron chi connectivity index (χ4n) is 1.42. The van der Waals surface area contributed by atoms with Crippen molar-refractivity contribution in [3.8, 4) is 0 Å². The van der Waals surface area contributed by atoms with E-state index in [9.17, 15) is 9.18 Å². The summed E-state index contributed by atoms with van der Waals surface area (Å²) in [5, 5.41) is 3.98. The summed E-state index contributed by atoms with van der Waals surface area (Å²) in [6.45, 7) is 0. The van der Waals surface area contributed by atoms with Gasteiger partial charge in [0, 0.05) is 18.8 Å². The maximum atomic E-state index is 12.7. The van der Waals surface area contributed by atoms with Crippen molar-refractivity contribution in [1.82, 2.24) is 9.78 Å². The summed E-state index contributed by atoms with van der Waals surface area (Å²) in [5.41, 5.74) is 1.30. The van der Waals surface area contributed by atoms with Gasteiger partial charge in [0.15, 0.2) is 5.78 Å². The fraction of sp³-hybridized carbons (Fsp3) is 0.0769. The molecule has 0 bridgehead atoms. The van der Waals surface area contributed by atoms with Gasteiger partial charge in [-0.15, -0.1) is 0 Å². The smallest absolute Gasteiger partial charge is 0.185 e. The molecule has 0 saturated heterocycles. The predicted octanol–water partition coefficient (Wildman–Crippen LogP) is 2.46. The Kier molecular flexibility index (Phi) is 3.14. The Labute approximate surface area is 98.2 Å². The van der Waals surface area contributed by atoms with Crippen LogP contribution in [0.25, 0.3) is 6.08 Å². The van der Waals surface area contributed by atoms with Crippen molar-refractivity contribution < 1.29 is 9.18 Å². The molecule has 1 heterocycles.